The second-order valence-corrected chi connectivity index (χ2v) is 3.32. The first-order valence-corrected chi connectivity index (χ1v) is 4.66. The summed E-state index contributed by atoms with van der Waals surface area (Å²) < 4.78 is 0. The van der Waals surface area contributed by atoms with Crippen molar-refractivity contribution in [1.82, 2.24) is 5.32 Å². The Morgan fingerprint density at radius 1 is 1.40 bits per heavy atom. The molecule has 0 radical (unpaired) electrons. The van der Waals surface area contributed by atoms with E-state index in [1.54, 1.807) is 6.92 Å². The van der Waals surface area contributed by atoms with Crippen LogP contribution in [0.1, 0.15) is 18.1 Å². The van der Waals surface area contributed by atoms with Crippen molar-refractivity contribution < 1.29 is 9.90 Å². The molecular formula is C11H14N2O2. The van der Waals surface area contributed by atoms with Crippen LogP contribution in [0.25, 0.3) is 0 Å². The third-order valence-corrected chi connectivity index (χ3v) is 1.99. The Bertz CT molecular complexity index is 357. The lowest BCUT2D eigenvalue weighted by molar-refractivity contribution is -0.135. The molecular weight excluding hydrogens is 192 g/mol. The molecule has 4 nitrogen and oxygen atoms in total. The van der Waals surface area contributed by atoms with Gasteiger partial charge in [0.1, 0.15) is 0 Å². The van der Waals surface area contributed by atoms with Crippen molar-refractivity contribution >= 4 is 11.7 Å². The molecule has 0 unspecified atom stereocenters. The summed E-state index contributed by atoms with van der Waals surface area (Å²) in [4.78, 5) is 10.2. The van der Waals surface area contributed by atoms with Crippen LogP contribution in [0.5, 0.6) is 0 Å². The van der Waals surface area contributed by atoms with Crippen molar-refractivity contribution in [1.29, 1.82) is 5.41 Å². The molecule has 0 heterocycles. The van der Waals surface area contributed by atoms with E-state index in [-0.39, 0.29) is 6.54 Å². The molecule has 0 spiro atoms. The first-order chi connectivity index (χ1) is 7.09. The average Bonchev–Trinajstić information content (AvgIpc) is 2.18. The second-order valence-electron chi connectivity index (χ2n) is 3.32. The molecule has 4 heteroatoms. The molecule has 80 valence electrons. The summed E-state index contributed by atoms with van der Waals surface area (Å²) in [5.41, 5.74) is 2.43. The third kappa shape index (κ3) is 3.91. The normalized spacial score (nSPS) is 9.93. The maximum atomic E-state index is 10.2. The Morgan fingerprint density at radius 3 is 2.47 bits per heavy atom. The highest BCUT2D eigenvalue weighted by Crippen LogP contribution is 2.04. The lowest BCUT2D eigenvalue weighted by Gasteiger charge is -2.03. The number of carboxylic acids is 1. The Balaban J connectivity index is 2.50. The van der Waals surface area contributed by atoms with Gasteiger partial charge in [-0.15, -0.1) is 0 Å². The van der Waals surface area contributed by atoms with E-state index < -0.39 is 5.97 Å². The van der Waals surface area contributed by atoms with Gasteiger partial charge < -0.3 is 15.8 Å². The van der Waals surface area contributed by atoms with Gasteiger partial charge in [0, 0.05) is 12.3 Å². The van der Waals surface area contributed by atoms with Gasteiger partial charge in [-0.3, -0.25) is 4.79 Å². The minimum absolute atomic E-state index is 0.0364. The van der Waals surface area contributed by atoms with Crippen LogP contribution in [0.2, 0.25) is 0 Å². The fraction of sp³-hybridized carbons (Fsp3) is 0.273. The molecule has 0 atom stereocenters. The molecule has 0 bridgehead atoms. The maximum Gasteiger partial charge on any atom is 0.317 e. The van der Waals surface area contributed by atoms with E-state index in [0.29, 0.717) is 12.3 Å². The summed E-state index contributed by atoms with van der Waals surface area (Å²) in [7, 11) is 0. The van der Waals surface area contributed by atoms with Crippen molar-refractivity contribution in [2.75, 3.05) is 6.54 Å². The molecule has 0 fully saturated rings. The number of rotatable bonds is 5. The van der Waals surface area contributed by atoms with E-state index in [1.165, 1.54) is 0 Å². The van der Waals surface area contributed by atoms with Gasteiger partial charge in [-0.25, -0.2) is 0 Å². The van der Waals surface area contributed by atoms with Gasteiger partial charge in [-0.2, -0.15) is 0 Å². The highest BCUT2D eigenvalue weighted by atomic mass is 16.4. The number of benzene rings is 1. The zero-order chi connectivity index (χ0) is 11.3. The number of hydrogen-bond donors (Lipinski definition) is 3. The molecule has 3 N–H and O–H groups in total. The summed E-state index contributed by atoms with van der Waals surface area (Å²) >= 11 is 0. The van der Waals surface area contributed by atoms with Crippen LogP contribution in [0.3, 0.4) is 0 Å². The molecule has 0 aromatic heterocycles. The third-order valence-electron chi connectivity index (χ3n) is 1.99. The van der Waals surface area contributed by atoms with Crippen molar-refractivity contribution in [3.63, 3.8) is 0 Å². The quantitative estimate of drug-likeness (QED) is 0.635. The van der Waals surface area contributed by atoms with Gasteiger partial charge in [0.25, 0.3) is 0 Å². The predicted molar refractivity (Wildman–Crippen MR) is 58.3 cm³/mol. The van der Waals surface area contributed by atoms with Crippen molar-refractivity contribution in [2.24, 2.45) is 0 Å². The number of nitrogens with one attached hydrogen (secondary N) is 2. The zero-order valence-corrected chi connectivity index (χ0v) is 8.58. The summed E-state index contributed by atoms with van der Waals surface area (Å²) in [5, 5.41) is 18.6. The van der Waals surface area contributed by atoms with Gasteiger partial charge in [0.2, 0.25) is 0 Å². The van der Waals surface area contributed by atoms with E-state index in [0.717, 1.165) is 11.1 Å². The van der Waals surface area contributed by atoms with E-state index in [4.69, 9.17) is 10.5 Å². The minimum Gasteiger partial charge on any atom is -0.480 e. The Morgan fingerprint density at radius 2 is 2.00 bits per heavy atom. The predicted octanol–water partition coefficient (Wildman–Crippen LogP) is 1.25. The molecule has 0 saturated heterocycles. The minimum atomic E-state index is -0.859. The lowest BCUT2D eigenvalue weighted by Crippen LogP contribution is -2.21. The van der Waals surface area contributed by atoms with Crippen molar-refractivity contribution in [2.45, 2.75) is 13.5 Å². The number of hydrogen-bond acceptors (Lipinski definition) is 3. The molecule has 0 aliphatic heterocycles. The number of aliphatic carboxylic acids is 1. The SMILES string of the molecule is CC(=N)c1ccc(CNCC(=O)O)cc1. The Labute approximate surface area is 88.4 Å². The van der Waals surface area contributed by atoms with Gasteiger partial charge >= 0.3 is 5.97 Å². The first-order valence-electron chi connectivity index (χ1n) is 4.66. The highest BCUT2D eigenvalue weighted by molar-refractivity contribution is 5.96. The Kier molecular flexibility index (Phi) is 4.00. The van der Waals surface area contributed by atoms with E-state index in [2.05, 4.69) is 5.32 Å². The Hall–Kier alpha value is -1.68. The smallest absolute Gasteiger partial charge is 0.317 e. The highest BCUT2D eigenvalue weighted by Gasteiger charge is 1.98. The zero-order valence-electron chi connectivity index (χ0n) is 8.58. The number of carboxylic acid groups (broad SMARTS) is 1. The van der Waals surface area contributed by atoms with Crippen LogP contribution < -0.4 is 5.32 Å². The lowest BCUT2D eigenvalue weighted by atomic mass is 10.1. The average molecular weight is 206 g/mol. The summed E-state index contributed by atoms with van der Waals surface area (Å²) in [6, 6.07) is 7.50. The molecule has 0 amide bonds. The van der Waals surface area contributed by atoms with Crippen molar-refractivity contribution in [3.05, 3.63) is 35.4 Å². The molecule has 1 aromatic carbocycles. The van der Waals surface area contributed by atoms with E-state index >= 15 is 0 Å². The van der Waals surface area contributed by atoms with Gasteiger partial charge in [-0.05, 0) is 18.1 Å². The molecule has 1 aromatic rings. The standard InChI is InChI=1S/C11H14N2O2/c1-8(12)10-4-2-9(3-5-10)6-13-7-11(14)15/h2-5,12-13H,6-7H2,1H3,(H,14,15). The van der Waals surface area contributed by atoms with E-state index in [9.17, 15) is 4.79 Å². The van der Waals surface area contributed by atoms with Crippen molar-refractivity contribution in [3.8, 4) is 0 Å². The summed E-state index contributed by atoms with van der Waals surface area (Å²) in [5.74, 6) is -0.859. The molecule has 0 saturated carbocycles. The van der Waals surface area contributed by atoms with Crippen LogP contribution in [0.4, 0.5) is 0 Å². The largest absolute Gasteiger partial charge is 0.480 e. The van der Waals surface area contributed by atoms with Crippen LogP contribution >= 0.6 is 0 Å². The van der Waals surface area contributed by atoms with Gasteiger partial charge in [0.05, 0.1) is 6.54 Å². The molecule has 0 aliphatic carbocycles. The molecule has 1 rings (SSSR count). The van der Waals surface area contributed by atoms with E-state index in [1.807, 2.05) is 24.3 Å². The summed E-state index contributed by atoms with van der Waals surface area (Å²) in [6.07, 6.45) is 0. The van der Waals surface area contributed by atoms with Gasteiger partial charge in [-0.1, -0.05) is 24.3 Å². The van der Waals surface area contributed by atoms with Crippen LogP contribution in [0, 0.1) is 5.41 Å². The monoisotopic (exact) mass is 206 g/mol. The number of carbonyl (C=O) groups is 1. The fourth-order valence-corrected chi connectivity index (χ4v) is 1.19. The van der Waals surface area contributed by atoms with Crippen LogP contribution in [0.15, 0.2) is 24.3 Å². The second kappa shape index (κ2) is 5.26. The maximum absolute atomic E-state index is 10.2. The molecule has 15 heavy (non-hydrogen) atoms. The topological polar surface area (TPSA) is 73.2 Å². The first kappa shape index (κ1) is 11.4. The van der Waals surface area contributed by atoms with Crippen LogP contribution in [-0.4, -0.2) is 23.3 Å². The molecule has 0 aliphatic rings. The van der Waals surface area contributed by atoms with Crippen LogP contribution in [-0.2, 0) is 11.3 Å². The fourth-order valence-electron chi connectivity index (χ4n) is 1.19. The summed E-state index contributed by atoms with van der Waals surface area (Å²) in [6.45, 7) is 2.23. The van der Waals surface area contributed by atoms with Gasteiger partial charge in [0.15, 0.2) is 0 Å².